The van der Waals surface area contributed by atoms with Crippen molar-refractivity contribution in [3.8, 4) is 0 Å². The minimum atomic E-state index is -1.51. The first kappa shape index (κ1) is 26.1. The van der Waals surface area contributed by atoms with Gasteiger partial charge in [-0.05, 0) is 19.6 Å². The van der Waals surface area contributed by atoms with E-state index in [1.54, 1.807) is 18.1 Å². The zero-order valence-corrected chi connectivity index (χ0v) is 19.2. The van der Waals surface area contributed by atoms with Crippen molar-refractivity contribution >= 4 is 29.3 Å². The Labute approximate surface area is 186 Å². The highest BCUT2D eigenvalue weighted by molar-refractivity contribution is 7.99. The summed E-state index contributed by atoms with van der Waals surface area (Å²) in [4.78, 5) is 14.7. The number of hydrogen-bond donors (Lipinski definition) is 5. The third-order valence-electron chi connectivity index (χ3n) is 5.87. The second-order valence-electron chi connectivity index (χ2n) is 8.20. The number of halogens is 2. The van der Waals surface area contributed by atoms with Gasteiger partial charge >= 0.3 is 0 Å². The SMILES string of the molecule is CCCC1(F)CC(C(=O)NC(C(C)Cl)C2OC(SC)C(O)C(O)C2O)N(CCO)C1. The van der Waals surface area contributed by atoms with Crippen LogP contribution in [-0.2, 0) is 9.53 Å². The van der Waals surface area contributed by atoms with E-state index in [0.29, 0.717) is 12.8 Å². The van der Waals surface area contributed by atoms with Crippen LogP contribution in [0, 0.1) is 0 Å². The van der Waals surface area contributed by atoms with Gasteiger partial charge < -0.3 is 30.5 Å². The summed E-state index contributed by atoms with van der Waals surface area (Å²) in [6, 6.07) is -1.68. The maximum absolute atomic E-state index is 15.1. The molecular weight excluding hydrogens is 439 g/mol. The molecule has 11 heteroatoms. The van der Waals surface area contributed by atoms with Crippen LogP contribution < -0.4 is 5.32 Å². The zero-order valence-electron chi connectivity index (χ0n) is 17.6. The molecule has 0 aromatic rings. The quantitative estimate of drug-likeness (QED) is 0.293. The summed E-state index contributed by atoms with van der Waals surface area (Å²) < 4.78 is 20.9. The van der Waals surface area contributed by atoms with Gasteiger partial charge in [-0.2, -0.15) is 0 Å². The molecule has 8 nitrogen and oxygen atoms in total. The number of alkyl halides is 2. The molecule has 2 rings (SSSR count). The number of thioether (sulfide) groups is 1. The van der Waals surface area contributed by atoms with Crippen molar-refractivity contribution in [1.29, 1.82) is 0 Å². The van der Waals surface area contributed by atoms with Gasteiger partial charge in [-0.25, -0.2) is 4.39 Å². The molecule has 0 spiro atoms. The lowest BCUT2D eigenvalue weighted by atomic mass is 9.92. The molecule has 2 aliphatic heterocycles. The van der Waals surface area contributed by atoms with Crippen molar-refractivity contribution in [3.05, 3.63) is 0 Å². The van der Waals surface area contributed by atoms with Gasteiger partial charge in [0.05, 0.1) is 24.1 Å². The summed E-state index contributed by atoms with van der Waals surface area (Å²) in [6.45, 7) is 3.51. The Morgan fingerprint density at radius 3 is 2.57 bits per heavy atom. The van der Waals surface area contributed by atoms with E-state index in [4.69, 9.17) is 16.3 Å². The fourth-order valence-electron chi connectivity index (χ4n) is 4.35. The molecule has 1 amide bonds. The minimum Gasteiger partial charge on any atom is -0.395 e. The minimum absolute atomic E-state index is 0.00108. The fraction of sp³-hybridized carbons (Fsp3) is 0.947. The lowest BCUT2D eigenvalue weighted by Crippen LogP contribution is -2.65. The number of hydrogen-bond acceptors (Lipinski definition) is 8. The molecule has 2 saturated heterocycles. The van der Waals surface area contributed by atoms with E-state index < -0.39 is 58.9 Å². The Morgan fingerprint density at radius 2 is 2.03 bits per heavy atom. The number of nitrogens with zero attached hydrogens (tertiary/aromatic N) is 1. The Balaban J connectivity index is 2.18. The number of rotatable bonds is 9. The molecule has 30 heavy (non-hydrogen) atoms. The van der Waals surface area contributed by atoms with E-state index in [-0.39, 0.29) is 26.1 Å². The van der Waals surface area contributed by atoms with Crippen molar-refractivity contribution in [3.63, 3.8) is 0 Å². The molecule has 0 radical (unpaired) electrons. The van der Waals surface area contributed by atoms with Gasteiger partial charge in [-0.3, -0.25) is 9.69 Å². The molecule has 9 atom stereocenters. The number of nitrogens with one attached hydrogen (secondary N) is 1. The monoisotopic (exact) mass is 472 g/mol. The molecule has 2 heterocycles. The first-order chi connectivity index (χ1) is 14.1. The number of carbonyl (C=O) groups is 1. The Morgan fingerprint density at radius 1 is 1.37 bits per heavy atom. The molecule has 9 unspecified atom stereocenters. The zero-order chi connectivity index (χ0) is 22.6. The number of likely N-dealkylation sites (tertiary alicyclic amines) is 1. The van der Waals surface area contributed by atoms with Crippen LogP contribution in [0.4, 0.5) is 4.39 Å². The summed E-state index contributed by atoms with van der Waals surface area (Å²) in [7, 11) is 0. The normalized spacial score (nSPS) is 39.6. The largest absolute Gasteiger partial charge is 0.395 e. The van der Waals surface area contributed by atoms with Crippen LogP contribution in [-0.4, -0.2) is 110 Å². The Hall–Kier alpha value is -0.200. The molecular formula is C19H34ClFN2O6S. The van der Waals surface area contributed by atoms with E-state index in [0.717, 1.165) is 11.8 Å². The number of carbonyl (C=O) groups excluding carboxylic acids is 1. The van der Waals surface area contributed by atoms with Gasteiger partial charge in [-0.1, -0.05) is 13.3 Å². The first-order valence-corrected chi connectivity index (χ1v) is 12.0. The van der Waals surface area contributed by atoms with Gasteiger partial charge in [0.1, 0.15) is 35.5 Å². The van der Waals surface area contributed by atoms with E-state index in [1.165, 1.54) is 0 Å². The highest BCUT2D eigenvalue weighted by Crippen LogP contribution is 2.35. The smallest absolute Gasteiger partial charge is 0.237 e. The van der Waals surface area contributed by atoms with Crippen molar-refractivity contribution in [2.75, 3.05) is 26.0 Å². The number of β-amino-alcohol motifs (C(OH)–C–C–N with tert-alkyl or cyclic N) is 1. The number of amides is 1. The molecule has 2 fully saturated rings. The molecule has 176 valence electrons. The van der Waals surface area contributed by atoms with Gasteiger partial charge in [0.2, 0.25) is 5.91 Å². The van der Waals surface area contributed by atoms with Crippen molar-refractivity contribution in [1.82, 2.24) is 10.2 Å². The predicted molar refractivity (Wildman–Crippen MR) is 113 cm³/mol. The first-order valence-electron chi connectivity index (χ1n) is 10.3. The molecule has 5 N–H and O–H groups in total. The average molecular weight is 473 g/mol. The van der Waals surface area contributed by atoms with Crippen LogP contribution in [0.15, 0.2) is 0 Å². The van der Waals surface area contributed by atoms with Crippen LogP contribution in [0.1, 0.15) is 33.1 Å². The van der Waals surface area contributed by atoms with E-state index in [1.807, 2.05) is 6.92 Å². The summed E-state index contributed by atoms with van der Waals surface area (Å²) in [5.41, 5.74) is -2.32. The van der Waals surface area contributed by atoms with Gasteiger partial charge in [0, 0.05) is 19.5 Å². The fourth-order valence-corrected chi connectivity index (χ4v) is 5.24. The van der Waals surface area contributed by atoms with Crippen LogP contribution in [0.2, 0.25) is 0 Å². The van der Waals surface area contributed by atoms with E-state index in [9.17, 15) is 25.2 Å². The Kier molecular flexibility index (Phi) is 9.63. The predicted octanol–water partition coefficient (Wildman–Crippen LogP) is -0.156. The number of ether oxygens (including phenoxy) is 1. The van der Waals surface area contributed by atoms with Gasteiger partial charge in [-0.15, -0.1) is 23.4 Å². The summed E-state index contributed by atoms with van der Waals surface area (Å²) in [5, 5.41) is 42.1. The van der Waals surface area contributed by atoms with Crippen LogP contribution in [0.3, 0.4) is 0 Å². The Bertz CT molecular complexity index is 577. The van der Waals surface area contributed by atoms with Crippen LogP contribution in [0.25, 0.3) is 0 Å². The highest BCUT2D eigenvalue weighted by atomic mass is 35.5. The van der Waals surface area contributed by atoms with Gasteiger partial charge in [0.25, 0.3) is 0 Å². The van der Waals surface area contributed by atoms with E-state index >= 15 is 4.39 Å². The summed E-state index contributed by atoms with van der Waals surface area (Å²) in [6.07, 6.45) is -2.63. The van der Waals surface area contributed by atoms with Crippen LogP contribution >= 0.6 is 23.4 Å². The lowest BCUT2D eigenvalue weighted by molar-refractivity contribution is -0.205. The molecule has 0 aromatic carbocycles. The maximum Gasteiger partial charge on any atom is 0.237 e. The molecule has 0 aliphatic carbocycles. The van der Waals surface area contributed by atoms with Crippen molar-refractivity contribution in [2.24, 2.45) is 0 Å². The average Bonchev–Trinajstić information content (AvgIpc) is 3.01. The molecule has 0 aromatic heterocycles. The van der Waals surface area contributed by atoms with E-state index in [2.05, 4.69) is 5.32 Å². The summed E-state index contributed by atoms with van der Waals surface area (Å²) in [5.74, 6) is -0.478. The highest BCUT2D eigenvalue weighted by Gasteiger charge is 2.50. The second-order valence-corrected chi connectivity index (χ2v) is 9.83. The summed E-state index contributed by atoms with van der Waals surface area (Å²) >= 11 is 7.45. The van der Waals surface area contributed by atoms with Gasteiger partial charge in [0.15, 0.2) is 0 Å². The number of aliphatic hydroxyl groups is 4. The molecule has 0 saturated carbocycles. The van der Waals surface area contributed by atoms with Crippen LogP contribution in [0.5, 0.6) is 0 Å². The van der Waals surface area contributed by atoms with Crippen molar-refractivity contribution < 1.29 is 34.3 Å². The standard InChI is InChI=1S/C19H34ClFN2O6S/c1-4-5-19(21)8-11(23(9-19)6-7-24)17(28)22-12(10(2)20)16-14(26)13(25)15(27)18(29-16)30-3/h10-16,18,24-27H,4-9H2,1-3H3,(H,22,28). The third-order valence-corrected chi connectivity index (χ3v) is 7.00. The molecule has 2 aliphatic rings. The van der Waals surface area contributed by atoms with Crippen molar-refractivity contribution in [2.45, 2.75) is 86.1 Å². The maximum atomic E-state index is 15.1. The topological polar surface area (TPSA) is 122 Å². The lowest BCUT2D eigenvalue weighted by Gasteiger charge is -2.44. The third kappa shape index (κ3) is 5.78. The molecule has 0 bridgehead atoms. The number of aliphatic hydroxyl groups excluding tert-OH is 4. The second kappa shape index (κ2) is 11.1.